The number of carbonyl (C=O) groups is 2. The maximum atomic E-state index is 12.1. The van der Waals surface area contributed by atoms with Gasteiger partial charge >= 0.3 is 0 Å². The average molecular weight is 372 g/mol. The van der Waals surface area contributed by atoms with Crippen LogP contribution in [0.2, 0.25) is 0 Å². The number of benzene rings is 1. The molecule has 1 N–H and O–H groups in total. The van der Waals surface area contributed by atoms with Gasteiger partial charge in [-0.25, -0.2) is 0 Å². The molecule has 0 aliphatic carbocycles. The highest BCUT2D eigenvalue weighted by molar-refractivity contribution is 14.1. The van der Waals surface area contributed by atoms with E-state index in [9.17, 15) is 9.59 Å². The van der Waals surface area contributed by atoms with Crippen molar-refractivity contribution in [3.8, 4) is 0 Å². The first-order chi connectivity index (χ1) is 9.06. The summed E-state index contributed by atoms with van der Waals surface area (Å²) in [6.07, 6.45) is 1.99. The van der Waals surface area contributed by atoms with Crippen molar-refractivity contribution in [3.05, 3.63) is 35.4 Å². The van der Waals surface area contributed by atoms with Crippen LogP contribution in [0.4, 0.5) is 0 Å². The zero-order chi connectivity index (χ0) is 13.8. The number of hydrogen-bond donors (Lipinski definition) is 1. The first-order valence-corrected chi connectivity index (χ1v) is 7.43. The number of carbonyl (C=O) groups excluding carboxylic acids is 2. The summed E-state index contributed by atoms with van der Waals surface area (Å²) < 4.78 is -0.0140. The monoisotopic (exact) mass is 372 g/mol. The van der Waals surface area contributed by atoms with Gasteiger partial charge in [-0.15, -0.1) is 0 Å². The fourth-order valence-electron chi connectivity index (χ4n) is 2.17. The fraction of sp³-hybridized carbons (Fsp3) is 0.429. The van der Waals surface area contributed by atoms with Crippen molar-refractivity contribution >= 4 is 32.3 Å². The summed E-state index contributed by atoms with van der Waals surface area (Å²) in [7, 11) is 2.10. The van der Waals surface area contributed by atoms with E-state index in [1.807, 2.05) is 0 Å². The molecule has 19 heavy (non-hydrogen) atoms. The zero-order valence-electron chi connectivity index (χ0n) is 10.9. The normalized spacial score (nSPS) is 17.2. The Balaban J connectivity index is 1.94. The molecule has 0 spiro atoms. The standard InChI is InChI=1S/C14H17IN2O2/c1-17-8-6-12(7-9-17)16-14(19)11-4-2-10(3-5-11)13(15)18/h2-5,12H,6-9H2,1H3,(H,16,19). The Bertz CT molecular complexity index is 465. The van der Waals surface area contributed by atoms with Crippen LogP contribution in [0.25, 0.3) is 0 Å². The third-order valence-corrected chi connectivity index (χ3v) is 4.05. The van der Waals surface area contributed by atoms with Crippen LogP contribution in [0.1, 0.15) is 33.6 Å². The van der Waals surface area contributed by atoms with Crippen molar-refractivity contribution in [2.24, 2.45) is 0 Å². The molecule has 1 aromatic rings. The van der Waals surface area contributed by atoms with Gasteiger partial charge in [0.1, 0.15) is 0 Å². The highest BCUT2D eigenvalue weighted by Crippen LogP contribution is 2.11. The average Bonchev–Trinajstić information content (AvgIpc) is 2.41. The van der Waals surface area contributed by atoms with Crippen molar-refractivity contribution in [2.45, 2.75) is 18.9 Å². The lowest BCUT2D eigenvalue weighted by atomic mass is 10.0. The lowest BCUT2D eigenvalue weighted by molar-refractivity contribution is 0.0916. The van der Waals surface area contributed by atoms with Crippen LogP contribution in [0, 0.1) is 0 Å². The SMILES string of the molecule is CN1CCC(NC(=O)c2ccc(C(=O)I)cc2)CC1. The van der Waals surface area contributed by atoms with Crippen LogP contribution in [0.5, 0.6) is 0 Å². The van der Waals surface area contributed by atoms with Gasteiger partial charge in [0.2, 0.25) is 3.79 Å². The molecular weight excluding hydrogens is 355 g/mol. The maximum absolute atomic E-state index is 12.1. The predicted molar refractivity (Wildman–Crippen MR) is 82.8 cm³/mol. The molecule has 1 aromatic carbocycles. The van der Waals surface area contributed by atoms with Gasteiger partial charge in [0, 0.05) is 39.8 Å². The molecule has 102 valence electrons. The lowest BCUT2D eigenvalue weighted by Crippen LogP contribution is -2.43. The smallest absolute Gasteiger partial charge is 0.251 e. The predicted octanol–water partition coefficient (Wildman–Crippen LogP) is 2.09. The van der Waals surface area contributed by atoms with Crippen LogP contribution in [0.3, 0.4) is 0 Å². The van der Waals surface area contributed by atoms with E-state index in [1.165, 1.54) is 0 Å². The first-order valence-electron chi connectivity index (χ1n) is 6.35. The number of likely N-dealkylation sites (tertiary alicyclic amines) is 1. The Labute approximate surface area is 126 Å². The second kappa shape index (κ2) is 6.47. The van der Waals surface area contributed by atoms with Gasteiger partial charge in [-0.2, -0.15) is 0 Å². The quantitative estimate of drug-likeness (QED) is 0.653. The third kappa shape index (κ3) is 4.01. The lowest BCUT2D eigenvalue weighted by Gasteiger charge is -2.29. The molecule has 1 aliphatic rings. The molecule has 4 nitrogen and oxygen atoms in total. The molecule has 0 radical (unpaired) electrons. The molecule has 1 aliphatic heterocycles. The van der Waals surface area contributed by atoms with Crippen molar-refractivity contribution in [3.63, 3.8) is 0 Å². The molecule has 0 bridgehead atoms. The van der Waals surface area contributed by atoms with E-state index in [-0.39, 0.29) is 15.7 Å². The highest BCUT2D eigenvalue weighted by atomic mass is 127. The van der Waals surface area contributed by atoms with Gasteiger partial charge in [0.05, 0.1) is 0 Å². The molecule has 0 aromatic heterocycles. The Hall–Kier alpha value is -0.950. The zero-order valence-corrected chi connectivity index (χ0v) is 13.0. The summed E-state index contributed by atoms with van der Waals surface area (Å²) in [6.45, 7) is 2.04. The number of nitrogens with zero attached hydrogens (tertiary/aromatic N) is 1. The number of halogens is 1. The molecule has 1 heterocycles. The number of rotatable bonds is 3. The Morgan fingerprint density at radius 3 is 2.21 bits per heavy atom. The molecule has 0 atom stereocenters. The summed E-state index contributed by atoms with van der Waals surface area (Å²) in [5.74, 6) is -0.0537. The van der Waals surface area contributed by atoms with E-state index in [0.717, 1.165) is 25.9 Å². The van der Waals surface area contributed by atoms with Crippen molar-refractivity contribution in [1.82, 2.24) is 10.2 Å². The Morgan fingerprint density at radius 2 is 1.68 bits per heavy atom. The minimum absolute atomic E-state index is 0.0140. The minimum atomic E-state index is -0.0537. The van der Waals surface area contributed by atoms with E-state index in [4.69, 9.17) is 0 Å². The number of nitrogens with one attached hydrogen (secondary N) is 1. The number of hydrogen-bond acceptors (Lipinski definition) is 3. The van der Waals surface area contributed by atoms with E-state index in [1.54, 1.807) is 46.9 Å². The molecule has 0 saturated carbocycles. The van der Waals surface area contributed by atoms with Crippen LogP contribution >= 0.6 is 22.6 Å². The Morgan fingerprint density at radius 1 is 1.16 bits per heavy atom. The van der Waals surface area contributed by atoms with Gasteiger partial charge < -0.3 is 10.2 Å². The van der Waals surface area contributed by atoms with E-state index in [2.05, 4.69) is 17.3 Å². The van der Waals surface area contributed by atoms with Gasteiger partial charge in [0.25, 0.3) is 5.91 Å². The highest BCUT2D eigenvalue weighted by Gasteiger charge is 2.19. The van der Waals surface area contributed by atoms with E-state index in [0.29, 0.717) is 11.1 Å². The second-order valence-corrected chi connectivity index (χ2v) is 5.88. The Kier molecular flexibility index (Phi) is 4.93. The van der Waals surface area contributed by atoms with Crippen molar-refractivity contribution in [2.75, 3.05) is 20.1 Å². The molecule has 1 fully saturated rings. The van der Waals surface area contributed by atoms with Crippen molar-refractivity contribution < 1.29 is 9.59 Å². The van der Waals surface area contributed by atoms with E-state index >= 15 is 0 Å². The van der Waals surface area contributed by atoms with Gasteiger partial charge in [-0.05, 0) is 57.2 Å². The summed E-state index contributed by atoms with van der Waals surface area (Å²) in [5.41, 5.74) is 1.23. The third-order valence-electron chi connectivity index (χ3n) is 3.43. The van der Waals surface area contributed by atoms with Crippen molar-refractivity contribution in [1.29, 1.82) is 0 Å². The van der Waals surface area contributed by atoms with Crippen LogP contribution in [-0.2, 0) is 0 Å². The molecule has 1 saturated heterocycles. The molecule has 2 rings (SSSR count). The topological polar surface area (TPSA) is 49.4 Å². The van der Waals surface area contributed by atoms with Crippen LogP contribution in [0.15, 0.2) is 24.3 Å². The summed E-state index contributed by atoms with van der Waals surface area (Å²) in [4.78, 5) is 25.5. The molecular formula is C14H17IN2O2. The van der Waals surface area contributed by atoms with Gasteiger partial charge in [-0.1, -0.05) is 0 Å². The second-order valence-electron chi connectivity index (χ2n) is 4.90. The summed E-state index contributed by atoms with van der Waals surface area (Å²) in [6, 6.07) is 7.05. The summed E-state index contributed by atoms with van der Waals surface area (Å²) in [5, 5.41) is 3.05. The first kappa shape index (κ1) is 14.5. The fourth-order valence-corrected chi connectivity index (χ4v) is 2.53. The molecule has 1 amide bonds. The minimum Gasteiger partial charge on any atom is -0.349 e. The van der Waals surface area contributed by atoms with Gasteiger partial charge in [0.15, 0.2) is 0 Å². The maximum Gasteiger partial charge on any atom is 0.251 e. The van der Waals surface area contributed by atoms with Crippen LogP contribution in [-0.4, -0.2) is 40.8 Å². The molecule has 0 unspecified atom stereocenters. The van der Waals surface area contributed by atoms with E-state index < -0.39 is 0 Å². The number of piperidine rings is 1. The summed E-state index contributed by atoms with van der Waals surface area (Å²) >= 11 is 1.74. The van der Waals surface area contributed by atoms with Crippen LogP contribution < -0.4 is 5.32 Å². The largest absolute Gasteiger partial charge is 0.349 e. The molecule has 5 heteroatoms. The number of amides is 1. The van der Waals surface area contributed by atoms with Gasteiger partial charge in [-0.3, -0.25) is 9.59 Å².